The van der Waals surface area contributed by atoms with Crippen molar-refractivity contribution in [3.05, 3.63) is 0 Å². The van der Waals surface area contributed by atoms with Crippen LogP contribution in [0.2, 0.25) is 0 Å². The third kappa shape index (κ3) is 6.21. The molecule has 0 aliphatic rings. The molecule has 0 aliphatic carbocycles. The first-order chi connectivity index (χ1) is 5.48. The van der Waals surface area contributed by atoms with Crippen LogP contribution in [-0.2, 0) is 4.74 Å². The molecule has 2 nitrogen and oxygen atoms in total. The Hall–Kier alpha value is -0.520. The molecule has 70 valence electrons. The Balaban J connectivity index is 3.39. The molecule has 0 aromatic rings. The first kappa shape index (κ1) is 11.5. The number of ether oxygens (including phenoxy) is 1. The summed E-state index contributed by atoms with van der Waals surface area (Å²) in [4.78, 5) is 0. The molecule has 1 N–H and O–H groups in total. The summed E-state index contributed by atoms with van der Waals surface area (Å²) in [6.07, 6.45) is 5.59. The van der Waals surface area contributed by atoms with Crippen LogP contribution in [0.5, 0.6) is 0 Å². The molecule has 0 atom stereocenters. The second kappa shape index (κ2) is 5.18. The van der Waals surface area contributed by atoms with Gasteiger partial charge in [0.25, 0.3) is 0 Å². The van der Waals surface area contributed by atoms with E-state index in [-0.39, 0.29) is 5.54 Å². The van der Waals surface area contributed by atoms with Crippen molar-refractivity contribution in [1.29, 1.82) is 0 Å². The molecule has 0 rings (SSSR count). The summed E-state index contributed by atoms with van der Waals surface area (Å²) in [6, 6.07) is 0. The van der Waals surface area contributed by atoms with Gasteiger partial charge in [-0.2, -0.15) is 0 Å². The molecule has 0 aromatic carbocycles. The molecular formula is C10H19NO. The van der Waals surface area contributed by atoms with Crippen molar-refractivity contribution >= 4 is 0 Å². The molecule has 0 saturated heterocycles. The van der Waals surface area contributed by atoms with Crippen LogP contribution in [0.3, 0.4) is 0 Å². The maximum absolute atomic E-state index is 5.35. The van der Waals surface area contributed by atoms with E-state index in [0.717, 1.165) is 6.54 Å². The van der Waals surface area contributed by atoms with E-state index in [2.05, 4.69) is 11.2 Å². The molecule has 12 heavy (non-hydrogen) atoms. The van der Waals surface area contributed by atoms with E-state index in [9.17, 15) is 0 Å². The van der Waals surface area contributed by atoms with Crippen molar-refractivity contribution in [3.63, 3.8) is 0 Å². The van der Waals surface area contributed by atoms with Crippen LogP contribution in [0.1, 0.15) is 27.7 Å². The predicted octanol–water partition coefficient (Wildman–Crippen LogP) is 1.41. The Morgan fingerprint density at radius 1 is 1.50 bits per heavy atom. The van der Waals surface area contributed by atoms with E-state index in [1.807, 2.05) is 27.7 Å². The fraction of sp³-hybridized carbons (Fsp3) is 0.800. The number of hydrogen-bond donors (Lipinski definition) is 1. The second-order valence-corrected chi connectivity index (χ2v) is 3.62. The number of rotatable bonds is 5. The minimum atomic E-state index is -0.222. The molecular weight excluding hydrogens is 150 g/mol. The highest BCUT2D eigenvalue weighted by Gasteiger charge is 2.11. The summed E-state index contributed by atoms with van der Waals surface area (Å²) in [6.45, 7) is 9.50. The van der Waals surface area contributed by atoms with E-state index in [1.54, 1.807) is 0 Å². The average Bonchev–Trinajstić information content (AvgIpc) is 1.98. The van der Waals surface area contributed by atoms with Crippen molar-refractivity contribution in [2.45, 2.75) is 39.3 Å². The molecule has 0 heterocycles. The van der Waals surface area contributed by atoms with Crippen LogP contribution in [0.25, 0.3) is 0 Å². The molecule has 0 aliphatic heterocycles. The maximum atomic E-state index is 5.35. The Kier molecular flexibility index (Phi) is 4.96. The molecule has 0 aromatic heterocycles. The first-order valence-electron chi connectivity index (χ1n) is 4.32. The van der Waals surface area contributed by atoms with Crippen molar-refractivity contribution in [3.8, 4) is 12.3 Å². The van der Waals surface area contributed by atoms with E-state index in [1.165, 1.54) is 0 Å². The Morgan fingerprint density at radius 2 is 2.08 bits per heavy atom. The Bertz CT molecular complexity index is 156. The SMILES string of the molecule is C#CC(C)(C)NCCOC(C)C. The molecule has 0 unspecified atom stereocenters. The molecule has 0 spiro atoms. The van der Waals surface area contributed by atoms with E-state index in [0.29, 0.717) is 12.7 Å². The quantitative estimate of drug-likeness (QED) is 0.496. The standard InChI is InChI=1S/C10H19NO/c1-6-10(4,5)11-7-8-12-9(2)3/h1,9,11H,7-8H2,2-5H3. The van der Waals surface area contributed by atoms with Gasteiger partial charge >= 0.3 is 0 Å². The molecule has 0 amide bonds. The topological polar surface area (TPSA) is 21.3 Å². The summed E-state index contributed by atoms with van der Waals surface area (Å²) in [5.41, 5.74) is -0.222. The number of terminal acetylenes is 1. The summed E-state index contributed by atoms with van der Waals surface area (Å²) >= 11 is 0. The zero-order valence-corrected chi connectivity index (χ0v) is 8.48. The van der Waals surface area contributed by atoms with Gasteiger partial charge in [-0.1, -0.05) is 5.92 Å². The van der Waals surface area contributed by atoms with Gasteiger partial charge in [0.05, 0.1) is 18.2 Å². The maximum Gasteiger partial charge on any atom is 0.0742 e. The highest BCUT2D eigenvalue weighted by atomic mass is 16.5. The van der Waals surface area contributed by atoms with Gasteiger partial charge in [-0.3, -0.25) is 5.32 Å². The van der Waals surface area contributed by atoms with Crippen molar-refractivity contribution < 1.29 is 4.74 Å². The molecule has 0 saturated carbocycles. The van der Waals surface area contributed by atoms with Crippen LogP contribution >= 0.6 is 0 Å². The average molecular weight is 169 g/mol. The van der Waals surface area contributed by atoms with Crippen molar-refractivity contribution in [2.24, 2.45) is 0 Å². The van der Waals surface area contributed by atoms with E-state index < -0.39 is 0 Å². The van der Waals surface area contributed by atoms with Gasteiger partial charge in [-0.25, -0.2) is 0 Å². The van der Waals surface area contributed by atoms with E-state index in [4.69, 9.17) is 11.2 Å². The highest BCUT2D eigenvalue weighted by Crippen LogP contribution is 1.97. The van der Waals surface area contributed by atoms with E-state index >= 15 is 0 Å². The Labute approximate surface area is 75.7 Å². The van der Waals surface area contributed by atoms with Gasteiger partial charge in [0.15, 0.2) is 0 Å². The van der Waals surface area contributed by atoms with Gasteiger partial charge in [0.2, 0.25) is 0 Å². The highest BCUT2D eigenvalue weighted by molar-refractivity contribution is 5.07. The van der Waals surface area contributed by atoms with Gasteiger partial charge in [-0.05, 0) is 27.7 Å². The summed E-state index contributed by atoms with van der Waals surface area (Å²) in [5.74, 6) is 2.66. The lowest BCUT2D eigenvalue weighted by molar-refractivity contribution is 0.0786. The van der Waals surface area contributed by atoms with Crippen molar-refractivity contribution in [1.82, 2.24) is 5.32 Å². The van der Waals surface area contributed by atoms with Crippen LogP contribution in [0.15, 0.2) is 0 Å². The molecule has 0 fully saturated rings. The number of hydrogen-bond acceptors (Lipinski definition) is 2. The number of nitrogens with one attached hydrogen (secondary N) is 1. The smallest absolute Gasteiger partial charge is 0.0742 e. The summed E-state index contributed by atoms with van der Waals surface area (Å²) in [5, 5.41) is 3.20. The monoisotopic (exact) mass is 169 g/mol. The van der Waals surface area contributed by atoms with Gasteiger partial charge in [0.1, 0.15) is 0 Å². The second-order valence-electron chi connectivity index (χ2n) is 3.62. The van der Waals surface area contributed by atoms with Crippen molar-refractivity contribution in [2.75, 3.05) is 13.2 Å². The largest absolute Gasteiger partial charge is 0.377 e. The lowest BCUT2D eigenvalue weighted by atomic mass is 10.1. The minimum absolute atomic E-state index is 0.222. The third-order valence-corrected chi connectivity index (χ3v) is 1.48. The lowest BCUT2D eigenvalue weighted by Crippen LogP contribution is -2.39. The molecule has 2 heteroatoms. The van der Waals surface area contributed by atoms with Crippen LogP contribution in [0.4, 0.5) is 0 Å². The summed E-state index contributed by atoms with van der Waals surface area (Å²) < 4.78 is 5.35. The molecule has 0 radical (unpaired) electrons. The van der Waals surface area contributed by atoms with Gasteiger partial charge in [0, 0.05) is 6.54 Å². The zero-order valence-electron chi connectivity index (χ0n) is 8.48. The molecule has 0 bridgehead atoms. The summed E-state index contributed by atoms with van der Waals surface area (Å²) in [7, 11) is 0. The first-order valence-corrected chi connectivity index (χ1v) is 4.32. The third-order valence-electron chi connectivity index (χ3n) is 1.48. The van der Waals surface area contributed by atoms with Crippen LogP contribution < -0.4 is 5.32 Å². The predicted molar refractivity (Wildman–Crippen MR) is 52.0 cm³/mol. The van der Waals surface area contributed by atoms with Gasteiger partial charge < -0.3 is 4.74 Å². The van der Waals surface area contributed by atoms with Gasteiger partial charge in [-0.15, -0.1) is 6.42 Å². The normalized spacial score (nSPS) is 11.7. The fourth-order valence-electron chi connectivity index (χ4n) is 0.709. The fourth-order valence-corrected chi connectivity index (χ4v) is 0.709. The van der Waals surface area contributed by atoms with Crippen LogP contribution in [-0.4, -0.2) is 24.8 Å². The zero-order chi connectivity index (χ0) is 9.61. The Morgan fingerprint density at radius 3 is 2.50 bits per heavy atom. The minimum Gasteiger partial charge on any atom is -0.377 e. The van der Waals surface area contributed by atoms with Crippen LogP contribution in [0, 0.1) is 12.3 Å². The lowest BCUT2D eigenvalue weighted by Gasteiger charge is -2.19.